The van der Waals surface area contributed by atoms with Crippen LogP contribution in [0.5, 0.6) is 0 Å². The molecule has 82 valence electrons. The molecule has 0 bridgehead atoms. The van der Waals surface area contributed by atoms with Gasteiger partial charge in [-0.05, 0) is 29.7 Å². The number of carbonyl (C=O) groups is 1. The fraction of sp³-hybridized carbons (Fsp3) is 0.167. The SMILES string of the molecule is CCc1c(-c2ccncc2)c[nH]c1C(=O)O. The molecule has 2 heterocycles. The van der Waals surface area contributed by atoms with E-state index in [0.717, 1.165) is 16.7 Å². The molecule has 0 amide bonds. The van der Waals surface area contributed by atoms with Gasteiger partial charge >= 0.3 is 5.97 Å². The second-order valence-corrected chi connectivity index (χ2v) is 3.45. The lowest BCUT2D eigenvalue weighted by Crippen LogP contribution is -2.00. The third kappa shape index (κ3) is 1.69. The average Bonchev–Trinajstić information content (AvgIpc) is 2.73. The summed E-state index contributed by atoms with van der Waals surface area (Å²) in [6.45, 7) is 1.94. The van der Waals surface area contributed by atoms with Crippen molar-refractivity contribution in [3.8, 4) is 11.1 Å². The number of pyridine rings is 1. The molecule has 2 N–H and O–H groups in total. The van der Waals surface area contributed by atoms with E-state index in [1.165, 1.54) is 0 Å². The molecule has 4 nitrogen and oxygen atoms in total. The quantitative estimate of drug-likeness (QED) is 0.827. The van der Waals surface area contributed by atoms with Crippen LogP contribution < -0.4 is 0 Å². The van der Waals surface area contributed by atoms with Gasteiger partial charge in [0.25, 0.3) is 0 Å². The van der Waals surface area contributed by atoms with Crippen molar-refractivity contribution in [3.05, 3.63) is 42.0 Å². The van der Waals surface area contributed by atoms with Crippen LogP contribution in [0.15, 0.2) is 30.7 Å². The maximum Gasteiger partial charge on any atom is 0.352 e. The van der Waals surface area contributed by atoms with Gasteiger partial charge in [0.15, 0.2) is 0 Å². The Bertz CT molecular complexity index is 503. The molecule has 0 unspecified atom stereocenters. The Morgan fingerprint density at radius 1 is 1.44 bits per heavy atom. The van der Waals surface area contributed by atoms with E-state index in [1.807, 2.05) is 19.1 Å². The lowest BCUT2D eigenvalue weighted by molar-refractivity contribution is 0.0690. The highest BCUT2D eigenvalue weighted by Gasteiger charge is 2.15. The van der Waals surface area contributed by atoms with Crippen LogP contribution in [-0.2, 0) is 6.42 Å². The van der Waals surface area contributed by atoms with Crippen LogP contribution in [-0.4, -0.2) is 21.0 Å². The van der Waals surface area contributed by atoms with Gasteiger partial charge < -0.3 is 10.1 Å². The van der Waals surface area contributed by atoms with Gasteiger partial charge in [0.2, 0.25) is 0 Å². The van der Waals surface area contributed by atoms with Crippen molar-refractivity contribution in [2.24, 2.45) is 0 Å². The molecule has 0 aliphatic heterocycles. The van der Waals surface area contributed by atoms with Gasteiger partial charge in [0.05, 0.1) is 0 Å². The van der Waals surface area contributed by atoms with Crippen LogP contribution in [0, 0.1) is 0 Å². The predicted octanol–water partition coefficient (Wildman–Crippen LogP) is 2.34. The number of hydrogen-bond donors (Lipinski definition) is 2. The van der Waals surface area contributed by atoms with Gasteiger partial charge in [-0.15, -0.1) is 0 Å². The first-order valence-corrected chi connectivity index (χ1v) is 5.08. The monoisotopic (exact) mass is 216 g/mol. The van der Waals surface area contributed by atoms with E-state index in [1.54, 1.807) is 18.6 Å². The lowest BCUT2D eigenvalue weighted by Gasteiger charge is -2.02. The molecule has 0 aromatic carbocycles. The van der Waals surface area contributed by atoms with E-state index in [2.05, 4.69) is 9.97 Å². The molecule has 2 aromatic heterocycles. The highest BCUT2D eigenvalue weighted by molar-refractivity contribution is 5.90. The smallest absolute Gasteiger partial charge is 0.352 e. The summed E-state index contributed by atoms with van der Waals surface area (Å²) in [4.78, 5) is 17.7. The maximum absolute atomic E-state index is 11.0. The Hall–Kier alpha value is -2.10. The van der Waals surface area contributed by atoms with Crippen molar-refractivity contribution in [3.63, 3.8) is 0 Å². The van der Waals surface area contributed by atoms with Crippen molar-refractivity contribution in [1.29, 1.82) is 0 Å². The third-order valence-electron chi connectivity index (χ3n) is 2.55. The number of hydrogen-bond acceptors (Lipinski definition) is 2. The van der Waals surface area contributed by atoms with Crippen molar-refractivity contribution >= 4 is 5.97 Å². The van der Waals surface area contributed by atoms with Gasteiger partial charge in [-0.25, -0.2) is 4.79 Å². The molecule has 0 saturated heterocycles. The van der Waals surface area contributed by atoms with Gasteiger partial charge in [-0.1, -0.05) is 6.92 Å². The number of carboxylic acids is 1. The van der Waals surface area contributed by atoms with E-state index >= 15 is 0 Å². The molecule has 2 rings (SSSR count). The molecule has 16 heavy (non-hydrogen) atoms. The van der Waals surface area contributed by atoms with Gasteiger partial charge in [0, 0.05) is 24.2 Å². The first-order chi connectivity index (χ1) is 7.74. The zero-order valence-corrected chi connectivity index (χ0v) is 8.90. The Morgan fingerprint density at radius 3 is 2.69 bits per heavy atom. The van der Waals surface area contributed by atoms with Crippen LogP contribution in [0.3, 0.4) is 0 Å². The summed E-state index contributed by atoms with van der Waals surface area (Å²) in [5.74, 6) is -0.919. The minimum absolute atomic E-state index is 0.273. The second-order valence-electron chi connectivity index (χ2n) is 3.45. The Labute approximate surface area is 93.0 Å². The van der Waals surface area contributed by atoms with Crippen LogP contribution in [0.2, 0.25) is 0 Å². The Balaban J connectivity index is 2.54. The molecule has 0 aliphatic carbocycles. The first kappa shape index (κ1) is 10.4. The minimum Gasteiger partial charge on any atom is -0.477 e. The number of aromatic amines is 1. The van der Waals surface area contributed by atoms with Gasteiger partial charge in [0.1, 0.15) is 5.69 Å². The van der Waals surface area contributed by atoms with E-state index in [0.29, 0.717) is 6.42 Å². The van der Waals surface area contributed by atoms with Crippen LogP contribution in [0.25, 0.3) is 11.1 Å². The molecule has 0 saturated carbocycles. The fourth-order valence-corrected chi connectivity index (χ4v) is 1.80. The summed E-state index contributed by atoms with van der Waals surface area (Å²) >= 11 is 0. The lowest BCUT2D eigenvalue weighted by atomic mass is 10.0. The zero-order chi connectivity index (χ0) is 11.5. The highest BCUT2D eigenvalue weighted by atomic mass is 16.4. The van der Waals surface area contributed by atoms with E-state index < -0.39 is 5.97 Å². The van der Waals surface area contributed by atoms with E-state index in [9.17, 15) is 4.79 Å². The molecule has 0 atom stereocenters. The number of nitrogens with one attached hydrogen (secondary N) is 1. The van der Waals surface area contributed by atoms with Crippen LogP contribution >= 0.6 is 0 Å². The Morgan fingerprint density at radius 2 is 2.12 bits per heavy atom. The zero-order valence-electron chi connectivity index (χ0n) is 8.90. The minimum atomic E-state index is -0.919. The Kier molecular flexibility index (Phi) is 2.72. The van der Waals surface area contributed by atoms with E-state index in [-0.39, 0.29) is 5.69 Å². The van der Waals surface area contributed by atoms with Crippen molar-refractivity contribution in [1.82, 2.24) is 9.97 Å². The summed E-state index contributed by atoms with van der Waals surface area (Å²) in [6, 6.07) is 3.74. The predicted molar refractivity (Wildman–Crippen MR) is 60.4 cm³/mol. The standard InChI is InChI=1S/C12H12N2O2/c1-2-9-10(7-14-11(9)12(15)16)8-3-5-13-6-4-8/h3-7,14H,2H2,1H3,(H,15,16). The molecule has 0 spiro atoms. The van der Waals surface area contributed by atoms with Gasteiger partial charge in [-0.2, -0.15) is 0 Å². The second kappa shape index (κ2) is 4.18. The molecule has 2 aromatic rings. The number of nitrogens with zero attached hydrogens (tertiary/aromatic N) is 1. The number of aromatic nitrogens is 2. The summed E-state index contributed by atoms with van der Waals surface area (Å²) in [5, 5.41) is 9.01. The molecule has 0 radical (unpaired) electrons. The van der Waals surface area contributed by atoms with Gasteiger partial charge in [-0.3, -0.25) is 4.98 Å². The highest BCUT2D eigenvalue weighted by Crippen LogP contribution is 2.26. The molecular weight excluding hydrogens is 204 g/mol. The normalized spacial score (nSPS) is 10.3. The van der Waals surface area contributed by atoms with Crippen molar-refractivity contribution in [2.75, 3.05) is 0 Å². The van der Waals surface area contributed by atoms with Crippen molar-refractivity contribution in [2.45, 2.75) is 13.3 Å². The summed E-state index contributed by atoms with van der Waals surface area (Å²) in [5.41, 5.74) is 3.02. The number of carboxylic acid groups (broad SMARTS) is 1. The first-order valence-electron chi connectivity index (χ1n) is 5.08. The summed E-state index contributed by atoms with van der Waals surface area (Å²) in [7, 11) is 0. The summed E-state index contributed by atoms with van der Waals surface area (Å²) in [6.07, 6.45) is 5.81. The number of H-pyrrole nitrogens is 1. The van der Waals surface area contributed by atoms with Crippen molar-refractivity contribution < 1.29 is 9.90 Å². The molecular formula is C12H12N2O2. The molecule has 0 fully saturated rings. The summed E-state index contributed by atoms with van der Waals surface area (Å²) < 4.78 is 0. The van der Waals surface area contributed by atoms with Crippen LogP contribution in [0.4, 0.5) is 0 Å². The average molecular weight is 216 g/mol. The largest absolute Gasteiger partial charge is 0.477 e. The van der Waals surface area contributed by atoms with E-state index in [4.69, 9.17) is 5.11 Å². The number of rotatable bonds is 3. The number of aromatic carboxylic acids is 1. The third-order valence-corrected chi connectivity index (χ3v) is 2.55. The van der Waals surface area contributed by atoms with Crippen LogP contribution in [0.1, 0.15) is 23.0 Å². The molecule has 4 heteroatoms. The fourth-order valence-electron chi connectivity index (χ4n) is 1.80. The molecule has 0 aliphatic rings. The maximum atomic E-state index is 11.0. The topological polar surface area (TPSA) is 66.0 Å².